The molecule has 9 nitrogen and oxygen atoms in total. The van der Waals surface area contributed by atoms with Crippen molar-refractivity contribution in [2.24, 2.45) is 5.84 Å². The number of nitrogens with two attached hydrogens (primary N) is 1. The molecule has 1 amide bonds. The molecule has 0 saturated heterocycles. The number of hydrogen-bond donors (Lipinski definition) is 3. The van der Waals surface area contributed by atoms with Crippen molar-refractivity contribution < 1.29 is 23.8 Å². The number of aromatic nitrogens is 1. The summed E-state index contributed by atoms with van der Waals surface area (Å²) in [6.45, 7) is 0.978. The van der Waals surface area contributed by atoms with Crippen LogP contribution in [0.4, 0.5) is 11.4 Å². The van der Waals surface area contributed by atoms with Crippen LogP contribution in [0.1, 0.15) is 20.0 Å². The van der Waals surface area contributed by atoms with Crippen molar-refractivity contribution >= 4 is 55.7 Å². The molecule has 5 rings (SSSR count). The standard InChI is InChI=1S/C22H18N4O5S/c1-29-22(28)11-3-2-4-13(7-11)24-20(27)19-18(26-23)14-8-12-9-16-17(31-6-5-30-16)10-15(12)25-21(14)32-19/h2-4,7-10,26H,5-6,23H2,1H3,(H,24,27). The maximum absolute atomic E-state index is 13.0. The second-order valence-corrected chi connectivity index (χ2v) is 8.01. The predicted molar refractivity (Wildman–Crippen MR) is 122 cm³/mol. The molecule has 1 aliphatic rings. The molecule has 0 fully saturated rings. The van der Waals surface area contributed by atoms with Gasteiger partial charge in [0.15, 0.2) is 11.5 Å². The SMILES string of the molecule is COC(=O)c1cccc(NC(=O)c2sc3nc4cc5c(cc4cc3c2NN)OCCO5)c1. The Bertz CT molecular complexity index is 1380. The number of anilines is 2. The lowest BCUT2D eigenvalue weighted by atomic mass is 10.1. The highest BCUT2D eigenvalue weighted by Gasteiger charge is 2.21. The minimum atomic E-state index is -0.487. The van der Waals surface area contributed by atoms with Gasteiger partial charge in [0.25, 0.3) is 5.91 Å². The second kappa shape index (κ2) is 7.98. The van der Waals surface area contributed by atoms with Crippen molar-refractivity contribution in [3.8, 4) is 11.5 Å². The van der Waals surface area contributed by atoms with Crippen LogP contribution in [-0.4, -0.2) is 37.2 Å². The molecular weight excluding hydrogens is 432 g/mol. The maximum Gasteiger partial charge on any atom is 0.337 e. The number of thiophene rings is 1. The van der Waals surface area contributed by atoms with Crippen LogP contribution in [0.5, 0.6) is 11.5 Å². The van der Waals surface area contributed by atoms with Gasteiger partial charge in [0.05, 0.1) is 23.9 Å². The zero-order valence-electron chi connectivity index (χ0n) is 16.9. The number of methoxy groups -OCH3 is 1. The van der Waals surface area contributed by atoms with Gasteiger partial charge in [-0.05, 0) is 30.3 Å². The number of benzene rings is 2. The molecule has 3 heterocycles. The van der Waals surface area contributed by atoms with Gasteiger partial charge in [0.2, 0.25) is 0 Å². The molecule has 0 bridgehead atoms. The van der Waals surface area contributed by atoms with Gasteiger partial charge >= 0.3 is 5.97 Å². The first-order chi connectivity index (χ1) is 15.6. The minimum absolute atomic E-state index is 0.333. The van der Waals surface area contributed by atoms with E-state index in [4.69, 9.17) is 25.0 Å². The second-order valence-electron chi connectivity index (χ2n) is 7.01. The fraction of sp³-hybridized carbons (Fsp3) is 0.136. The Morgan fingerprint density at radius 2 is 1.91 bits per heavy atom. The number of rotatable bonds is 4. The summed E-state index contributed by atoms with van der Waals surface area (Å²) in [7, 11) is 1.30. The van der Waals surface area contributed by atoms with Gasteiger partial charge in [-0.2, -0.15) is 0 Å². The highest BCUT2D eigenvalue weighted by Crippen LogP contribution is 2.40. The monoisotopic (exact) mass is 450 g/mol. The van der Waals surface area contributed by atoms with E-state index in [9.17, 15) is 9.59 Å². The number of esters is 1. The smallest absolute Gasteiger partial charge is 0.337 e. The molecule has 0 spiro atoms. The molecule has 4 N–H and O–H groups in total. The lowest BCUT2D eigenvalue weighted by Crippen LogP contribution is -2.15. The Kier molecular flexibility index (Phi) is 5.00. The molecule has 32 heavy (non-hydrogen) atoms. The van der Waals surface area contributed by atoms with Crippen LogP contribution in [0.25, 0.3) is 21.1 Å². The van der Waals surface area contributed by atoms with E-state index in [-0.39, 0.29) is 5.91 Å². The summed E-state index contributed by atoms with van der Waals surface area (Å²) in [4.78, 5) is 30.5. The number of nitrogen functional groups attached to an aromatic ring is 1. The molecule has 0 saturated carbocycles. The van der Waals surface area contributed by atoms with E-state index in [1.807, 2.05) is 18.2 Å². The van der Waals surface area contributed by atoms with Crippen molar-refractivity contribution in [1.29, 1.82) is 0 Å². The molecule has 0 aliphatic carbocycles. The van der Waals surface area contributed by atoms with Gasteiger partial charge in [-0.25, -0.2) is 9.78 Å². The number of pyridine rings is 1. The highest BCUT2D eigenvalue weighted by molar-refractivity contribution is 7.21. The summed E-state index contributed by atoms with van der Waals surface area (Å²) in [6, 6.07) is 12.1. The van der Waals surface area contributed by atoms with Gasteiger partial charge in [-0.3, -0.25) is 10.6 Å². The number of ether oxygens (including phenoxy) is 3. The van der Waals surface area contributed by atoms with E-state index < -0.39 is 5.97 Å². The number of amides is 1. The number of nitrogens with zero attached hydrogens (tertiary/aromatic N) is 1. The van der Waals surface area contributed by atoms with Crippen LogP contribution in [0, 0.1) is 0 Å². The zero-order chi connectivity index (χ0) is 22.2. The van der Waals surface area contributed by atoms with Crippen LogP contribution in [0.2, 0.25) is 0 Å². The first-order valence-electron chi connectivity index (χ1n) is 9.70. The largest absolute Gasteiger partial charge is 0.486 e. The van der Waals surface area contributed by atoms with Crippen LogP contribution in [0.3, 0.4) is 0 Å². The van der Waals surface area contributed by atoms with Crippen molar-refractivity contribution in [2.45, 2.75) is 0 Å². The summed E-state index contributed by atoms with van der Waals surface area (Å²) in [5.74, 6) is 6.21. The van der Waals surface area contributed by atoms with Gasteiger partial charge in [-0.1, -0.05) is 6.07 Å². The molecule has 1 aliphatic heterocycles. The maximum atomic E-state index is 13.0. The molecule has 2 aromatic carbocycles. The molecule has 0 unspecified atom stereocenters. The topological polar surface area (TPSA) is 125 Å². The number of fused-ring (bicyclic) bond motifs is 3. The molecule has 10 heteroatoms. The van der Waals surface area contributed by atoms with E-state index in [0.717, 1.165) is 16.3 Å². The highest BCUT2D eigenvalue weighted by atomic mass is 32.1. The van der Waals surface area contributed by atoms with Gasteiger partial charge in [0, 0.05) is 22.5 Å². The third kappa shape index (κ3) is 3.45. The van der Waals surface area contributed by atoms with E-state index in [0.29, 0.717) is 51.4 Å². The Hall–Kier alpha value is -3.89. The number of nitrogens with one attached hydrogen (secondary N) is 2. The summed E-state index contributed by atoms with van der Waals surface area (Å²) in [5, 5.41) is 4.36. The molecule has 2 aromatic heterocycles. The van der Waals surface area contributed by atoms with Crippen molar-refractivity contribution in [3.05, 3.63) is 52.9 Å². The Morgan fingerprint density at radius 3 is 2.66 bits per heavy atom. The van der Waals surface area contributed by atoms with Crippen molar-refractivity contribution in [3.63, 3.8) is 0 Å². The van der Waals surface area contributed by atoms with Crippen LogP contribution >= 0.6 is 11.3 Å². The van der Waals surface area contributed by atoms with Crippen LogP contribution in [0.15, 0.2) is 42.5 Å². The first-order valence-corrected chi connectivity index (χ1v) is 10.5. The summed E-state index contributed by atoms with van der Waals surface area (Å²) in [5.41, 5.74) is 4.62. The molecular formula is C22H18N4O5S. The van der Waals surface area contributed by atoms with Gasteiger partial charge < -0.3 is 25.0 Å². The van der Waals surface area contributed by atoms with Gasteiger partial charge in [-0.15, -0.1) is 11.3 Å². The third-order valence-corrected chi connectivity index (χ3v) is 6.13. The summed E-state index contributed by atoms with van der Waals surface area (Å²) in [6.07, 6.45) is 0. The van der Waals surface area contributed by atoms with E-state index in [1.165, 1.54) is 18.4 Å². The van der Waals surface area contributed by atoms with E-state index >= 15 is 0 Å². The van der Waals surface area contributed by atoms with Gasteiger partial charge in [0.1, 0.15) is 22.9 Å². The number of hydrogen-bond acceptors (Lipinski definition) is 9. The minimum Gasteiger partial charge on any atom is -0.486 e. The molecule has 162 valence electrons. The summed E-state index contributed by atoms with van der Waals surface area (Å²) >= 11 is 1.21. The number of carbonyl (C=O) groups is 2. The van der Waals surface area contributed by atoms with Crippen molar-refractivity contribution in [1.82, 2.24) is 4.98 Å². The molecule has 4 aromatic rings. The third-order valence-electron chi connectivity index (χ3n) is 5.03. The Morgan fingerprint density at radius 1 is 1.12 bits per heavy atom. The predicted octanol–water partition coefficient (Wildman–Crippen LogP) is 3.55. The lowest BCUT2D eigenvalue weighted by molar-refractivity contribution is 0.0600. The van der Waals surface area contributed by atoms with Crippen LogP contribution in [-0.2, 0) is 4.74 Å². The molecule has 0 atom stereocenters. The average molecular weight is 450 g/mol. The zero-order valence-corrected chi connectivity index (χ0v) is 17.7. The summed E-state index contributed by atoms with van der Waals surface area (Å²) < 4.78 is 16.0. The normalized spacial score (nSPS) is 12.6. The van der Waals surface area contributed by atoms with Crippen molar-refractivity contribution in [2.75, 3.05) is 31.1 Å². The number of hydrazine groups is 1. The first kappa shape index (κ1) is 20.0. The van der Waals surface area contributed by atoms with E-state index in [1.54, 1.807) is 24.3 Å². The number of carbonyl (C=O) groups excluding carboxylic acids is 2. The van der Waals surface area contributed by atoms with Crippen LogP contribution < -0.4 is 26.1 Å². The fourth-order valence-electron chi connectivity index (χ4n) is 3.55. The quantitative estimate of drug-likeness (QED) is 0.245. The molecule has 0 radical (unpaired) electrons. The fourth-order valence-corrected chi connectivity index (χ4v) is 4.58. The Labute approximate surface area is 186 Å². The Balaban J connectivity index is 1.54. The average Bonchev–Trinajstić information content (AvgIpc) is 3.18. The van der Waals surface area contributed by atoms with E-state index in [2.05, 4.69) is 10.7 Å². The lowest BCUT2D eigenvalue weighted by Gasteiger charge is -2.18.